The van der Waals surface area contributed by atoms with Gasteiger partial charge in [0.2, 0.25) is 0 Å². The van der Waals surface area contributed by atoms with E-state index in [1.807, 2.05) is 13.8 Å². The summed E-state index contributed by atoms with van der Waals surface area (Å²) in [5.41, 5.74) is 0. The van der Waals surface area contributed by atoms with Crippen molar-refractivity contribution < 1.29 is 13.2 Å². The molecule has 0 atom stereocenters. The van der Waals surface area contributed by atoms with Gasteiger partial charge < -0.3 is 5.32 Å². The number of halogens is 3. The van der Waals surface area contributed by atoms with E-state index >= 15 is 0 Å². The molecule has 1 heterocycles. The van der Waals surface area contributed by atoms with Crippen LogP contribution in [0.3, 0.4) is 0 Å². The summed E-state index contributed by atoms with van der Waals surface area (Å²) >= 11 is 0. The van der Waals surface area contributed by atoms with Gasteiger partial charge in [-0.3, -0.25) is 0 Å². The second-order valence-corrected chi connectivity index (χ2v) is 3.80. The van der Waals surface area contributed by atoms with Gasteiger partial charge in [0, 0.05) is 6.04 Å². The first-order valence-electron chi connectivity index (χ1n) is 5.05. The molecule has 0 radical (unpaired) electrons. The van der Waals surface area contributed by atoms with Crippen molar-refractivity contribution >= 4 is 0 Å². The normalized spacial score (nSPS) is 12.4. The van der Waals surface area contributed by atoms with Crippen LogP contribution >= 0.6 is 0 Å². The molecule has 0 saturated carbocycles. The molecule has 0 aliphatic rings. The average Bonchev–Trinajstić information content (AvgIpc) is 2.57. The monoisotopic (exact) mass is 236 g/mol. The molecule has 16 heavy (non-hydrogen) atoms. The first-order valence-corrected chi connectivity index (χ1v) is 5.05. The molecule has 0 saturated heterocycles. The molecule has 0 aliphatic carbocycles. The fourth-order valence-electron chi connectivity index (χ4n) is 1.14. The number of alkyl halides is 3. The van der Waals surface area contributed by atoms with Gasteiger partial charge in [-0.25, -0.2) is 9.67 Å². The summed E-state index contributed by atoms with van der Waals surface area (Å²) in [7, 11) is 0. The van der Waals surface area contributed by atoms with E-state index in [-0.39, 0.29) is 12.6 Å². The lowest BCUT2D eigenvalue weighted by Gasteiger charge is -2.10. The molecule has 1 aromatic heterocycles. The molecule has 92 valence electrons. The molecule has 0 aromatic carbocycles. The molecule has 0 fully saturated rings. The average molecular weight is 236 g/mol. The quantitative estimate of drug-likeness (QED) is 0.846. The SMILES string of the molecule is CC(C)NCc1ncnn1CCC(F)(F)F. The standard InChI is InChI=1S/C9H15F3N4/c1-7(2)13-5-8-14-6-15-16(8)4-3-9(10,11)12/h6-7,13H,3-5H2,1-2H3. The Labute approximate surface area is 91.9 Å². The molecule has 4 nitrogen and oxygen atoms in total. The van der Waals surface area contributed by atoms with Gasteiger partial charge in [0.05, 0.1) is 19.5 Å². The van der Waals surface area contributed by atoms with Gasteiger partial charge >= 0.3 is 6.18 Å². The molecule has 7 heteroatoms. The molecule has 0 aliphatic heterocycles. The largest absolute Gasteiger partial charge is 0.390 e. The Morgan fingerprint density at radius 2 is 2.12 bits per heavy atom. The van der Waals surface area contributed by atoms with Crippen molar-refractivity contribution in [1.82, 2.24) is 20.1 Å². The van der Waals surface area contributed by atoms with E-state index in [2.05, 4.69) is 15.4 Å². The van der Waals surface area contributed by atoms with Gasteiger partial charge in [0.1, 0.15) is 12.2 Å². The molecule has 1 aromatic rings. The summed E-state index contributed by atoms with van der Waals surface area (Å²) in [4.78, 5) is 3.91. The Kier molecular flexibility index (Phi) is 4.28. The zero-order valence-electron chi connectivity index (χ0n) is 9.25. The first-order chi connectivity index (χ1) is 7.38. The van der Waals surface area contributed by atoms with E-state index in [0.29, 0.717) is 12.4 Å². The summed E-state index contributed by atoms with van der Waals surface area (Å²) in [6.07, 6.45) is -3.77. The molecule has 0 amide bonds. The lowest BCUT2D eigenvalue weighted by atomic mass is 10.4. The van der Waals surface area contributed by atoms with Gasteiger partial charge in [-0.05, 0) is 0 Å². The number of aromatic nitrogens is 3. The van der Waals surface area contributed by atoms with Crippen molar-refractivity contribution in [2.24, 2.45) is 0 Å². The van der Waals surface area contributed by atoms with Crippen LogP contribution in [0.5, 0.6) is 0 Å². The van der Waals surface area contributed by atoms with E-state index in [0.717, 1.165) is 0 Å². The van der Waals surface area contributed by atoms with Gasteiger partial charge in [0.25, 0.3) is 0 Å². The summed E-state index contributed by atoms with van der Waals surface area (Å²) in [6.45, 7) is 4.15. The summed E-state index contributed by atoms with van der Waals surface area (Å²) in [5, 5.41) is 6.84. The lowest BCUT2D eigenvalue weighted by molar-refractivity contribution is -0.137. The third kappa shape index (κ3) is 4.61. The van der Waals surface area contributed by atoms with Crippen LogP contribution in [0.1, 0.15) is 26.1 Å². The van der Waals surface area contributed by atoms with Crippen LogP contribution in [0, 0.1) is 0 Å². The van der Waals surface area contributed by atoms with Gasteiger partial charge in [-0.1, -0.05) is 13.8 Å². The maximum atomic E-state index is 12.0. The minimum atomic E-state index is -4.16. The highest BCUT2D eigenvalue weighted by Gasteiger charge is 2.27. The second kappa shape index (κ2) is 5.29. The highest BCUT2D eigenvalue weighted by atomic mass is 19.4. The number of nitrogens with zero attached hydrogens (tertiary/aromatic N) is 3. The predicted molar refractivity (Wildman–Crippen MR) is 52.7 cm³/mol. The Morgan fingerprint density at radius 3 is 2.69 bits per heavy atom. The Balaban J connectivity index is 2.50. The highest BCUT2D eigenvalue weighted by Crippen LogP contribution is 2.20. The second-order valence-electron chi connectivity index (χ2n) is 3.80. The van der Waals surface area contributed by atoms with Crippen molar-refractivity contribution in [3.8, 4) is 0 Å². The van der Waals surface area contributed by atoms with Crippen LogP contribution in [0.4, 0.5) is 13.2 Å². The van der Waals surface area contributed by atoms with Crippen molar-refractivity contribution in [2.75, 3.05) is 0 Å². The summed E-state index contributed by atoms with van der Waals surface area (Å²) < 4.78 is 37.3. The highest BCUT2D eigenvalue weighted by molar-refractivity contribution is 4.84. The zero-order valence-corrected chi connectivity index (χ0v) is 9.25. The minimum absolute atomic E-state index is 0.182. The molecular weight excluding hydrogens is 221 g/mol. The van der Waals surface area contributed by atoms with Gasteiger partial charge in [0.15, 0.2) is 0 Å². The van der Waals surface area contributed by atoms with Crippen LogP contribution in [0.25, 0.3) is 0 Å². The Hall–Kier alpha value is -1.11. The molecule has 0 unspecified atom stereocenters. The van der Waals surface area contributed by atoms with Crippen LogP contribution in [0.15, 0.2) is 6.33 Å². The van der Waals surface area contributed by atoms with Crippen molar-refractivity contribution in [2.45, 2.75) is 45.6 Å². The maximum Gasteiger partial charge on any atom is 0.390 e. The van der Waals surface area contributed by atoms with Crippen LogP contribution in [-0.2, 0) is 13.1 Å². The topological polar surface area (TPSA) is 42.7 Å². The number of hydrogen-bond donors (Lipinski definition) is 1. The number of nitrogens with one attached hydrogen (secondary N) is 1. The zero-order chi connectivity index (χ0) is 12.2. The van der Waals surface area contributed by atoms with E-state index in [1.165, 1.54) is 11.0 Å². The van der Waals surface area contributed by atoms with Crippen molar-refractivity contribution in [1.29, 1.82) is 0 Å². The van der Waals surface area contributed by atoms with E-state index in [9.17, 15) is 13.2 Å². The predicted octanol–water partition coefficient (Wildman–Crippen LogP) is 1.73. The molecule has 0 bridgehead atoms. The van der Waals surface area contributed by atoms with Crippen molar-refractivity contribution in [3.63, 3.8) is 0 Å². The fourth-order valence-corrected chi connectivity index (χ4v) is 1.14. The first kappa shape index (κ1) is 13.0. The van der Waals surface area contributed by atoms with Crippen LogP contribution in [0.2, 0.25) is 0 Å². The molecule has 1 N–H and O–H groups in total. The third-order valence-corrected chi connectivity index (χ3v) is 1.97. The Bertz CT molecular complexity index is 319. The van der Waals surface area contributed by atoms with Gasteiger partial charge in [-0.15, -0.1) is 0 Å². The van der Waals surface area contributed by atoms with E-state index in [1.54, 1.807) is 0 Å². The van der Waals surface area contributed by atoms with E-state index < -0.39 is 12.6 Å². The minimum Gasteiger partial charge on any atom is -0.308 e. The number of aryl methyl sites for hydroxylation is 1. The molecule has 1 rings (SSSR count). The summed E-state index contributed by atoms with van der Waals surface area (Å²) in [6, 6.07) is 0.257. The lowest BCUT2D eigenvalue weighted by Crippen LogP contribution is -2.25. The smallest absolute Gasteiger partial charge is 0.308 e. The maximum absolute atomic E-state index is 12.0. The molecule has 0 spiro atoms. The third-order valence-electron chi connectivity index (χ3n) is 1.97. The fraction of sp³-hybridized carbons (Fsp3) is 0.778. The number of hydrogen-bond acceptors (Lipinski definition) is 3. The van der Waals surface area contributed by atoms with Gasteiger partial charge in [-0.2, -0.15) is 18.3 Å². The summed E-state index contributed by atoms with van der Waals surface area (Å²) in [5.74, 6) is 0.526. The Morgan fingerprint density at radius 1 is 1.44 bits per heavy atom. The van der Waals surface area contributed by atoms with E-state index in [4.69, 9.17) is 0 Å². The van der Waals surface area contributed by atoms with Crippen LogP contribution < -0.4 is 5.32 Å². The van der Waals surface area contributed by atoms with Crippen LogP contribution in [-0.4, -0.2) is 27.0 Å². The van der Waals surface area contributed by atoms with Crippen molar-refractivity contribution in [3.05, 3.63) is 12.2 Å². The molecular formula is C9H15F3N4. The number of rotatable bonds is 5.